The number of hydrogen-bond donors (Lipinski definition) is 1. The summed E-state index contributed by atoms with van der Waals surface area (Å²) in [4.78, 5) is 12.0. The summed E-state index contributed by atoms with van der Waals surface area (Å²) in [6.45, 7) is 2.64. The molecule has 0 radical (unpaired) electrons. The molecule has 0 aliphatic rings. The second-order valence-corrected chi connectivity index (χ2v) is 5.33. The first-order valence-electron chi connectivity index (χ1n) is 6.25. The molecule has 0 unspecified atom stereocenters. The van der Waals surface area contributed by atoms with Crippen LogP contribution in [-0.2, 0) is 6.42 Å². The largest absolute Gasteiger partial charge is 0.352 e. The number of carbonyl (C=O) groups excluding carboxylic acids is 1. The van der Waals surface area contributed by atoms with Gasteiger partial charge in [0.15, 0.2) is 0 Å². The van der Waals surface area contributed by atoms with Gasteiger partial charge in [0.05, 0.1) is 5.56 Å². The topological polar surface area (TPSA) is 29.1 Å². The number of nitrogens with one attached hydrogen (secondary N) is 1. The Hall–Kier alpha value is -1.61. The van der Waals surface area contributed by atoms with Gasteiger partial charge in [-0.05, 0) is 52.5 Å². The predicted molar refractivity (Wildman–Crippen MR) is 81.4 cm³/mol. The number of rotatable bonds is 4. The summed E-state index contributed by atoms with van der Waals surface area (Å²) < 4.78 is 0.838. The SMILES string of the molecule is Cc1ccc(C(=O)NCCc2ccccc2)c(Br)c1. The van der Waals surface area contributed by atoms with Gasteiger partial charge in [-0.2, -0.15) is 0 Å². The van der Waals surface area contributed by atoms with E-state index in [9.17, 15) is 4.79 Å². The monoisotopic (exact) mass is 317 g/mol. The lowest BCUT2D eigenvalue weighted by Gasteiger charge is -2.07. The number of carbonyl (C=O) groups is 1. The molecule has 0 spiro atoms. The molecule has 0 aliphatic heterocycles. The minimum atomic E-state index is -0.0391. The van der Waals surface area contributed by atoms with Crippen LogP contribution in [0.15, 0.2) is 53.0 Å². The van der Waals surface area contributed by atoms with Crippen LogP contribution in [0, 0.1) is 6.92 Å². The Bertz CT molecular complexity index is 566. The molecule has 98 valence electrons. The fourth-order valence-electron chi connectivity index (χ4n) is 1.86. The van der Waals surface area contributed by atoms with Crippen LogP contribution in [0.5, 0.6) is 0 Å². The first-order chi connectivity index (χ1) is 9.16. The van der Waals surface area contributed by atoms with Crippen LogP contribution in [0.1, 0.15) is 21.5 Å². The molecule has 19 heavy (non-hydrogen) atoms. The van der Waals surface area contributed by atoms with E-state index in [1.807, 2.05) is 43.3 Å². The Morgan fingerprint density at radius 1 is 1.16 bits per heavy atom. The standard InChI is InChI=1S/C16H16BrNO/c1-12-7-8-14(15(17)11-12)16(19)18-10-9-13-5-3-2-4-6-13/h2-8,11H,9-10H2,1H3,(H,18,19). The summed E-state index contributed by atoms with van der Waals surface area (Å²) >= 11 is 3.42. The van der Waals surface area contributed by atoms with Crippen LogP contribution in [0.2, 0.25) is 0 Å². The first kappa shape index (κ1) is 13.8. The van der Waals surface area contributed by atoms with Crippen molar-refractivity contribution in [2.45, 2.75) is 13.3 Å². The zero-order valence-corrected chi connectivity index (χ0v) is 12.4. The Balaban J connectivity index is 1.91. The van der Waals surface area contributed by atoms with E-state index in [2.05, 4.69) is 33.4 Å². The summed E-state index contributed by atoms with van der Waals surface area (Å²) in [6, 6.07) is 15.9. The average Bonchev–Trinajstić information content (AvgIpc) is 2.39. The van der Waals surface area contributed by atoms with Gasteiger partial charge in [0, 0.05) is 11.0 Å². The van der Waals surface area contributed by atoms with Crippen molar-refractivity contribution >= 4 is 21.8 Å². The van der Waals surface area contributed by atoms with Crippen LogP contribution in [0.4, 0.5) is 0 Å². The number of aryl methyl sites for hydroxylation is 1. The molecule has 2 aromatic rings. The number of hydrogen-bond acceptors (Lipinski definition) is 1. The van der Waals surface area contributed by atoms with Gasteiger partial charge in [-0.3, -0.25) is 4.79 Å². The van der Waals surface area contributed by atoms with E-state index in [4.69, 9.17) is 0 Å². The van der Waals surface area contributed by atoms with Crippen molar-refractivity contribution in [3.63, 3.8) is 0 Å². The van der Waals surface area contributed by atoms with Gasteiger partial charge in [-0.25, -0.2) is 0 Å². The number of amides is 1. The molecule has 3 heteroatoms. The smallest absolute Gasteiger partial charge is 0.252 e. The summed E-state index contributed by atoms with van der Waals surface area (Å²) in [5, 5.41) is 2.94. The van der Waals surface area contributed by atoms with E-state index in [1.165, 1.54) is 5.56 Å². The van der Waals surface area contributed by atoms with Gasteiger partial charge >= 0.3 is 0 Å². The molecule has 2 rings (SSSR count). The van der Waals surface area contributed by atoms with Crippen LogP contribution in [-0.4, -0.2) is 12.5 Å². The van der Waals surface area contributed by atoms with Gasteiger partial charge < -0.3 is 5.32 Å². The molecule has 0 fully saturated rings. The fourth-order valence-corrected chi connectivity index (χ4v) is 2.54. The molecule has 0 heterocycles. The van der Waals surface area contributed by atoms with Gasteiger partial charge in [0.25, 0.3) is 5.91 Å². The maximum Gasteiger partial charge on any atom is 0.252 e. The van der Waals surface area contributed by atoms with E-state index in [0.717, 1.165) is 16.5 Å². The lowest BCUT2D eigenvalue weighted by molar-refractivity contribution is 0.0953. The maximum absolute atomic E-state index is 12.0. The van der Waals surface area contributed by atoms with E-state index in [0.29, 0.717) is 12.1 Å². The molecule has 0 aliphatic carbocycles. The van der Waals surface area contributed by atoms with Gasteiger partial charge in [0.1, 0.15) is 0 Å². The highest BCUT2D eigenvalue weighted by atomic mass is 79.9. The maximum atomic E-state index is 12.0. The van der Waals surface area contributed by atoms with Crippen LogP contribution < -0.4 is 5.32 Å². The quantitative estimate of drug-likeness (QED) is 0.914. The number of benzene rings is 2. The van der Waals surface area contributed by atoms with Gasteiger partial charge in [-0.15, -0.1) is 0 Å². The lowest BCUT2D eigenvalue weighted by Crippen LogP contribution is -2.26. The summed E-state index contributed by atoms with van der Waals surface area (Å²) in [6.07, 6.45) is 0.843. The van der Waals surface area contributed by atoms with Crippen molar-refractivity contribution in [2.75, 3.05) is 6.54 Å². The predicted octanol–water partition coefficient (Wildman–Crippen LogP) is 3.73. The molecule has 2 nitrogen and oxygen atoms in total. The van der Waals surface area contributed by atoms with E-state index < -0.39 is 0 Å². The summed E-state index contributed by atoms with van der Waals surface area (Å²) in [5.41, 5.74) is 3.04. The molecule has 0 saturated heterocycles. The van der Waals surface area contributed by atoms with Crippen molar-refractivity contribution in [3.05, 3.63) is 69.7 Å². The molecule has 0 aromatic heterocycles. The first-order valence-corrected chi connectivity index (χ1v) is 7.04. The molecule has 2 aromatic carbocycles. The molecule has 0 saturated carbocycles. The van der Waals surface area contributed by atoms with Crippen molar-refractivity contribution < 1.29 is 4.79 Å². The second-order valence-electron chi connectivity index (χ2n) is 4.47. The van der Waals surface area contributed by atoms with E-state index >= 15 is 0 Å². The molecular formula is C16H16BrNO. The Labute approximate surface area is 122 Å². The third kappa shape index (κ3) is 3.93. The zero-order valence-electron chi connectivity index (χ0n) is 10.8. The molecule has 0 bridgehead atoms. The van der Waals surface area contributed by atoms with E-state index in [-0.39, 0.29) is 5.91 Å². The molecule has 0 atom stereocenters. The Kier molecular flexibility index (Phi) is 4.74. The average molecular weight is 318 g/mol. The zero-order chi connectivity index (χ0) is 13.7. The normalized spacial score (nSPS) is 10.2. The summed E-state index contributed by atoms with van der Waals surface area (Å²) in [5.74, 6) is -0.0391. The third-order valence-corrected chi connectivity index (χ3v) is 3.57. The molecule has 1 amide bonds. The molecular weight excluding hydrogens is 302 g/mol. The highest BCUT2D eigenvalue weighted by Crippen LogP contribution is 2.18. The minimum Gasteiger partial charge on any atom is -0.352 e. The lowest BCUT2D eigenvalue weighted by atomic mass is 10.1. The van der Waals surface area contributed by atoms with Crippen LogP contribution in [0.25, 0.3) is 0 Å². The van der Waals surface area contributed by atoms with Gasteiger partial charge in [0.2, 0.25) is 0 Å². The van der Waals surface area contributed by atoms with Gasteiger partial charge in [-0.1, -0.05) is 36.4 Å². The van der Waals surface area contributed by atoms with Crippen LogP contribution >= 0.6 is 15.9 Å². The highest BCUT2D eigenvalue weighted by molar-refractivity contribution is 9.10. The third-order valence-electron chi connectivity index (χ3n) is 2.91. The van der Waals surface area contributed by atoms with Crippen LogP contribution in [0.3, 0.4) is 0 Å². The minimum absolute atomic E-state index is 0.0391. The highest BCUT2D eigenvalue weighted by Gasteiger charge is 2.08. The number of halogens is 1. The van der Waals surface area contributed by atoms with Crippen molar-refractivity contribution in [3.8, 4) is 0 Å². The molecule has 1 N–H and O–H groups in total. The van der Waals surface area contributed by atoms with Crippen molar-refractivity contribution in [1.29, 1.82) is 0 Å². The summed E-state index contributed by atoms with van der Waals surface area (Å²) in [7, 11) is 0. The van der Waals surface area contributed by atoms with Crippen molar-refractivity contribution in [1.82, 2.24) is 5.32 Å². The van der Waals surface area contributed by atoms with Crippen molar-refractivity contribution in [2.24, 2.45) is 0 Å². The second kappa shape index (κ2) is 6.53. The Morgan fingerprint density at radius 2 is 1.89 bits per heavy atom. The fraction of sp³-hybridized carbons (Fsp3) is 0.188. The van der Waals surface area contributed by atoms with E-state index in [1.54, 1.807) is 0 Å². The Morgan fingerprint density at radius 3 is 2.58 bits per heavy atom.